The molecule has 2 atom stereocenters. The van der Waals surface area contributed by atoms with Gasteiger partial charge in [-0.25, -0.2) is 8.42 Å². The Bertz CT molecular complexity index is 572. The largest absolute Gasteiger partial charge is 0.324 e. The maximum Gasteiger partial charge on any atom is 0.150 e. The predicted molar refractivity (Wildman–Crippen MR) is 80.3 cm³/mol. The molecule has 100 valence electrons. The number of aryl methyl sites for hydroxylation is 1. The average Bonchev–Trinajstić information content (AvgIpc) is 2.63. The van der Waals surface area contributed by atoms with E-state index in [1.807, 2.05) is 19.1 Å². The normalized spacial score (nSPS) is 24.1. The number of halogens is 2. The monoisotopic (exact) mass is 395 g/mol. The topological polar surface area (TPSA) is 60.2 Å². The van der Waals surface area contributed by atoms with Crippen LogP contribution in [0.15, 0.2) is 21.1 Å². The fourth-order valence-corrected chi connectivity index (χ4v) is 5.22. The zero-order valence-electron chi connectivity index (χ0n) is 9.99. The Morgan fingerprint density at radius 1 is 1.33 bits per heavy atom. The third-order valence-electron chi connectivity index (χ3n) is 3.41. The highest BCUT2D eigenvalue weighted by Crippen LogP contribution is 2.35. The Balaban J connectivity index is 2.30. The molecule has 2 unspecified atom stereocenters. The van der Waals surface area contributed by atoms with Gasteiger partial charge in [0.15, 0.2) is 9.84 Å². The standard InChI is InChI=1S/C12H15Br2NO2S/c1-7-4-11(14)9(5-10(7)13)12(15)8-2-3-18(16,17)6-8/h4-5,8,12H,2-3,6,15H2,1H3. The second-order valence-corrected chi connectivity index (χ2v) is 8.75. The summed E-state index contributed by atoms with van der Waals surface area (Å²) in [7, 11) is -2.89. The summed E-state index contributed by atoms with van der Waals surface area (Å²) in [6.07, 6.45) is 0.654. The highest BCUT2D eigenvalue weighted by atomic mass is 79.9. The minimum Gasteiger partial charge on any atom is -0.324 e. The van der Waals surface area contributed by atoms with Gasteiger partial charge in [0.2, 0.25) is 0 Å². The minimum absolute atomic E-state index is 0.0147. The average molecular weight is 397 g/mol. The molecule has 0 saturated carbocycles. The van der Waals surface area contributed by atoms with Gasteiger partial charge in [-0.05, 0) is 42.5 Å². The molecule has 1 saturated heterocycles. The van der Waals surface area contributed by atoms with Crippen molar-refractivity contribution in [2.24, 2.45) is 11.7 Å². The molecule has 2 N–H and O–H groups in total. The number of hydrogen-bond donors (Lipinski definition) is 1. The Hall–Kier alpha value is 0.0900. The first-order valence-electron chi connectivity index (χ1n) is 5.72. The van der Waals surface area contributed by atoms with E-state index >= 15 is 0 Å². The van der Waals surface area contributed by atoms with Crippen molar-refractivity contribution in [2.75, 3.05) is 11.5 Å². The summed E-state index contributed by atoms with van der Waals surface area (Å²) in [5.74, 6) is 0.475. The van der Waals surface area contributed by atoms with Crippen LogP contribution in [-0.2, 0) is 9.84 Å². The highest BCUT2D eigenvalue weighted by molar-refractivity contribution is 9.11. The lowest BCUT2D eigenvalue weighted by Crippen LogP contribution is -2.23. The van der Waals surface area contributed by atoms with Crippen molar-refractivity contribution >= 4 is 41.7 Å². The fraction of sp³-hybridized carbons (Fsp3) is 0.500. The Morgan fingerprint density at radius 3 is 2.56 bits per heavy atom. The molecule has 3 nitrogen and oxygen atoms in total. The quantitative estimate of drug-likeness (QED) is 0.835. The molecule has 1 aromatic carbocycles. The number of benzene rings is 1. The lowest BCUT2D eigenvalue weighted by Gasteiger charge is -2.20. The van der Waals surface area contributed by atoms with Gasteiger partial charge < -0.3 is 5.73 Å². The molecule has 0 radical (unpaired) electrons. The maximum atomic E-state index is 11.5. The zero-order valence-corrected chi connectivity index (χ0v) is 14.0. The Morgan fingerprint density at radius 2 is 2.00 bits per heavy atom. The van der Waals surface area contributed by atoms with E-state index in [9.17, 15) is 8.42 Å². The predicted octanol–water partition coefficient (Wildman–Crippen LogP) is 2.95. The summed E-state index contributed by atoms with van der Waals surface area (Å²) in [5, 5.41) is 0. The first-order chi connectivity index (χ1) is 8.30. The molecule has 0 spiro atoms. The summed E-state index contributed by atoms with van der Waals surface area (Å²) in [6.45, 7) is 2.00. The van der Waals surface area contributed by atoms with Gasteiger partial charge in [0, 0.05) is 15.0 Å². The van der Waals surface area contributed by atoms with Gasteiger partial charge in [0.25, 0.3) is 0 Å². The third-order valence-corrected chi connectivity index (χ3v) is 6.75. The molecule has 0 bridgehead atoms. The molecule has 0 aromatic heterocycles. The number of rotatable bonds is 2. The van der Waals surface area contributed by atoms with Crippen LogP contribution in [0.2, 0.25) is 0 Å². The molecule has 18 heavy (non-hydrogen) atoms. The molecule has 0 amide bonds. The van der Waals surface area contributed by atoms with Crippen LogP contribution < -0.4 is 5.73 Å². The van der Waals surface area contributed by atoms with Crippen LogP contribution in [0.3, 0.4) is 0 Å². The van der Waals surface area contributed by atoms with E-state index in [0.717, 1.165) is 20.1 Å². The first kappa shape index (κ1) is 14.5. The van der Waals surface area contributed by atoms with Gasteiger partial charge in [0.1, 0.15) is 0 Å². The molecule has 1 fully saturated rings. The van der Waals surface area contributed by atoms with E-state index in [2.05, 4.69) is 31.9 Å². The number of sulfone groups is 1. The van der Waals surface area contributed by atoms with Crippen molar-refractivity contribution in [2.45, 2.75) is 19.4 Å². The van der Waals surface area contributed by atoms with Crippen molar-refractivity contribution in [3.8, 4) is 0 Å². The Labute approximate surface area is 124 Å². The molecule has 1 heterocycles. The number of nitrogens with two attached hydrogens (primary N) is 1. The zero-order chi connectivity index (χ0) is 13.5. The van der Waals surface area contributed by atoms with Crippen molar-refractivity contribution in [1.82, 2.24) is 0 Å². The summed E-state index contributed by atoms with van der Waals surface area (Å²) >= 11 is 6.99. The van der Waals surface area contributed by atoms with Gasteiger partial charge in [-0.15, -0.1) is 0 Å². The summed E-state index contributed by atoms with van der Waals surface area (Å²) in [4.78, 5) is 0. The van der Waals surface area contributed by atoms with Crippen LogP contribution >= 0.6 is 31.9 Å². The first-order valence-corrected chi connectivity index (χ1v) is 9.12. The van der Waals surface area contributed by atoms with Crippen LogP contribution in [-0.4, -0.2) is 19.9 Å². The fourth-order valence-electron chi connectivity index (χ4n) is 2.28. The highest BCUT2D eigenvalue weighted by Gasteiger charge is 2.33. The van der Waals surface area contributed by atoms with Crippen LogP contribution in [0.5, 0.6) is 0 Å². The van der Waals surface area contributed by atoms with Crippen molar-refractivity contribution in [3.63, 3.8) is 0 Å². The van der Waals surface area contributed by atoms with Crippen LogP contribution in [0.25, 0.3) is 0 Å². The molecule has 1 aliphatic heterocycles. The second kappa shape index (κ2) is 5.23. The van der Waals surface area contributed by atoms with E-state index < -0.39 is 9.84 Å². The summed E-state index contributed by atoms with van der Waals surface area (Å²) in [6, 6.07) is 3.74. The summed E-state index contributed by atoms with van der Waals surface area (Å²) < 4.78 is 25.0. The summed E-state index contributed by atoms with van der Waals surface area (Å²) in [5.41, 5.74) is 8.32. The van der Waals surface area contributed by atoms with Gasteiger partial charge in [-0.3, -0.25) is 0 Å². The maximum absolute atomic E-state index is 11.5. The lowest BCUT2D eigenvalue weighted by atomic mass is 9.93. The third kappa shape index (κ3) is 2.98. The molecule has 1 aromatic rings. The molecule has 6 heteroatoms. The van der Waals surface area contributed by atoms with E-state index in [0.29, 0.717) is 6.42 Å². The Kier molecular flexibility index (Phi) is 4.21. The van der Waals surface area contributed by atoms with Gasteiger partial charge in [-0.1, -0.05) is 31.9 Å². The van der Waals surface area contributed by atoms with Gasteiger partial charge >= 0.3 is 0 Å². The second-order valence-electron chi connectivity index (χ2n) is 4.81. The van der Waals surface area contributed by atoms with E-state index in [-0.39, 0.29) is 23.5 Å². The SMILES string of the molecule is Cc1cc(Br)c(C(N)C2CCS(=O)(=O)C2)cc1Br. The van der Waals surface area contributed by atoms with E-state index in [1.165, 1.54) is 0 Å². The van der Waals surface area contributed by atoms with Crippen molar-refractivity contribution in [1.29, 1.82) is 0 Å². The molecule has 1 aliphatic rings. The van der Waals surface area contributed by atoms with Gasteiger partial charge in [0.05, 0.1) is 11.5 Å². The van der Waals surface area contributed by atoms with E-state index in [1.54, 1.807) is 0 Å². The molecular formula is C12H15Br2NO2S. The van der Waals surface area contributed by atoms with Crippen molar-refractivity contribution < 1.29 is 8.42 Å². The smallest absolute Gasteiger partial charge is 0.150 e. The van der Waals surface area contributed by atoms with Crippen LogP contribution in [0.1, 0.15) is 23.6 Å². The molecule has 2 rings (SSSR count). The molecular weight excluding hydrogens is 382 g/mol. The van der Waals surface area contributed by atoms with Crippen LogP contribution in [0, 0.1) is 12.8 Å². The van der Waals surface area contributed by atoms with E-state index in [4.69, 9.17) is 5.73 Å². The lowest BCUT2D eigenvalue weighted by molar-refractivity contribution is 0.478. The van der Waals surface area contributed by atoms with Crippen LogP contribution in [0.4, 0.5) is 0 Å². The minimum atomic E-state index is -2.89. The molecule has 0 aliphatic carbocycles. The number of hydrogen-bond acceptors (Lipinski definition) is 3. The van der Waals surface area contributed by atoms with Crippen molar-refractivity contribution in [3.05, 3.63) is 32.2 Å². The van der Waals surface area contributed by atoms with Gasteiger partial charge in [-0.2, -0.15) is 0 Å².